The number of halogens is 1. The molecule has 0 aliphatic heterocycles. The van der Waals surface area contributed by atoms with E-state index in [4.69, 9.17) is 16.3 Å². The van der Waals surface area contributed by atoms with Crippen LogP contribution in [-0.2, 0) is 4.79 Å². The molecule has 0 saturated carbocycles. The maximum Gasteiger partial charge on any atom is 0.270 e. The molecule has 9 heteroatoms. The summed E-state index contributed by atoms with van der Waals surface area (Å²) in [6.45, 7) is 3.47. The number of carbonyl (C=O) groups is 1. The smallest absolute Gasteiger partial charge is 0.270 e. The SMILES string of the molecule is Cc1cc(Cl)ccc1O[C@H](C)C(=O)Nc1nc2ccc([N+](=O)[O-])cc2s1. The predicted octanol–water partition coefficient (Wildman–Crippen LogP) is 4.57. The summed E-state index contributed by atoms with van der Waals surface area (Å²) >= 11 is 7.07. The Morgan fingerprint density at radius 2 is 2.12 bits per heavy atom. The molecule has 7 nitrogen and oxygen atoms in total. The number of benzene rings is 2. The molecule has 1 heterocycles. The number of thiazole rings is 1. The Labute approximate surface area is 157 Å². The second-order valence-corrected chi connectivity index (χ2v) is 7.05. The number of non-ortho nitro benzene ring substituents is 1. The molecule has 0 radical (unpaired) electrons. The molecule has 1 aromatic heterocycles. The number of hydrogen-bond donors (Lipinski definition) is 1. The summed E-state index contributed by atoms with van der Waals surface area (Å²) in [7, 11) is 0. The van der Waals surface area contributed by atoms with Crippen LogP contribution in [0.3, 0.4) is 0 Å². The van der Waals surface area contributed by atoms with Crippen molar-refractivity contribution in [1.29, 1.82) is 0 Å². The van der Waals surface area contributed by atoms with Gasteiger partial charge in [0.1, 0.15) is 5.75 Å². The van der Waals surface area contributed by atoms with Gasteiger partial charge in [0.25, 0.3) is 11.6 Å². The second-order valence-electron chi connectivity index (χ2n) is 5.59. The molecule has 0 aliphatic carbocycles. The van der Waals surface area contributed by atoms with E-state index in [1.165, 1.54) is 23.5 Å². The average Bonchev–Trinajstić information content (AvgIpc) is 2.98. The molecule has 0 unspecified atom stereocenters. The van der Waals surface area contributed by atoms with Crippen molar-refractivity contribution in [3.05, 3.63) is 57.1 Å². The predicted molar refractivity (Wildman–Crippen MR) is 101 cm³/mol. The van der Waals surface area contributed by atoms with Gasteiger partial charge in [-0.25, -0.2) is 4.98 Å². The molecule has 26 heavy (non-hydrogen) atoms. The minimum Gasteiger partial charge on any atom is -0.481 e. The molecule has 0 fully saturated rings. The zero-order valence-electron chi connectivity index (χ0n) is 13.9. The van der Waals surface area contributed by atoms with Crippen LogP contribution < -0.4 is 10.1 Å². The maximum atomic E-state index is 12.3. The van der Waals surface area contributed by atoms with Gasteiger partial charge in [-0.1, -0.05) is 22.9 Å². The molecule has 3 aromatic rings. The van der Waals surface area contributed by atoms with Gasteiger partial charge < -0.3 is 4.74 Å². The first kappa shape index (κ1) is 18.1. The van der Waals surface area contributed by atoms with E-state index in [-0.39, 0.29) is 11.6 Å². The molecule has 0 spiro atoms. The first-order valence-corrected chi connectivity index (χ1v) is 8.81. The van der Waals surface area contributed by atoms with Crippen molar-refractivity contribution in [2.75, 3.05) is 5.32 Å². The molecular formula is C17H14ClN3O4S. The number of ether oxygens (including phenoxy) is 1. The Hall–Kier alpha value is -2.71. The fourth-order valence-corrected chi connectivity index (χ4v) is 3.40. The highest BCUT2D eigenvalue weighted by Gasteiger charge is 2.18. The van der Waals surface area contributed by atoms with Crippen molar-refractivity contribution in [3.63, 3.8) is 0 Å². The zero-order chi connectivity index (χ0) is 18.8. The molecule has 0 saturated heterocycles. The van der Waals surface area contributed by atoms with Crippen molar-refractivity contribution < 1.29 is 14.5 Å². The van der Waals surface area contributed by atoms with Crippen molar-refractivity contribution in [2.24, 2.45) is 0 Å². The van der Waals surface area contributed by atoms with Gasteiger partial charge in [0.05, 0.1) is 15.1 Å². The third-order valence-electron chi connectivity index (χ3n) is 3.62. The summed E-state index contributed by atoms with van der Waals surface area (Å²) in [4.78, 5) is 27.0. The van der Waals surface area contributed by atoms with Crippen LogP contribution >= 0.6 is 22.9 Å². The van der Waals surface area contributed by atoms with Gasteiger partial charge in [-0.3, -0.25) is 20.2 Å². The molecule has 1 N–H and O–H groups in total. The Bertz CT molecular complexity index is 1000. The van der Waals surface area contributed by atoms with E-state index in [1.54, 1.807) is 31.2 Å². The van der Waals surface area contributed by atoms with Crippen molar-refractivity contribution in [2.45, 2.75) is 20.0 Å². The van der Waals surface area contributed by atoms with Crippen molar-refractivity contribution >= 4 is 49.9 Å². The lowest BCUT2D eigenvalue weighted by atomic mass is 10.2. The van der Waals surface area contributed by atoms with E-state index < -0.39 is 11.0 Å². The van der Waals surface area contributed by atoms with E-state index in [9.17, 15) is 14.9 Å². The van der Waals surface area contributed by atoms with Crippen LogP contribution in [0.2, 0.25) is 5.02 Å². The number of nitro benzene ring substituents is 1. The average molecular weight is 392 g/mol. The highest BCUT2D eigenvalue weighted by molar-refractivity contribution is 7.22. The Balaban J connectivity index is 1.72. The number of nitrogens with one attached hydrogen (secondary N) is 1. The third kappa shape index (κ3) is 3.92. The maximum absolute atomic E-state index is 12.3. The second kappa shape index (κ2) is 7.27. The van der Waals surface area contributed by atoms with E-state index in [0.29, 0.717) is 26.1 Å². The number of nitro groups is 1. The summed E-state index contributed by atoms with van der Waals surface area (Å²) in [5.74, 6) is 0.199. The lowest BCUT2D eigenvalue weighted by molar-refractivity contribution is -0.384. The van der Waals surface area contributed by atoms with Crippen LogP contribution in [0.5, 0.6) is 5.75 Å². The lowest BCUT2D eigenvalue weighted by Crippen LogP contribution is -2.30. The van der Waals surface area contributed by atoms with Gasteiger partial charge in [-0.15, -0.1) is 0 Å². The number of aromatic nitrogens is 1. The standard InChI is InChI=1S/C17H14ClN3O4S/c1-9-7-11(18)3-6-14(9)25-10(2)16(22)20-17-19-13-5-4-12(21(23)24)8-15(13)26-17/h3-8,10H,1-2H3,(H,19,20,22)/t10-/m1/s1. The van der Waals surface area contributed by atoms with Crippen LogP contribution in [-0.4, -0.2) is 21.9 Å². The lowest BCUT2D eigenvalue weighted by Gasteiger charge is -2.15. The Morgan fingerprint density at radius 1 is 1.35 bits per heavy atom. The Morgan fingerprint density at radius 3 is 2.81 bits per heavy atom. The third-order valence-corrected chi connectivity index (χ3v) is 4.79. The molecule has 1 atom stereocenters. The molecule has 1 amide bonds. The van der Waals surface area contributed by atoms with Gasteiger partial charge in [-0.05, 0) is 43.7 Å². The molecule has 0 bridgehead atoms. The highest BCUT2D eigenvalue weighted by atomic mass is 35.5. The van der Waals surface area contributed by atoms with Crippen molar-refractivity contribution in [1.82, 2.24) is 4.98 Å². The van der Waals surface area contributed by atoms with Crippen LogP contribution in [0.4, 0.5) is 10.8 Å². The summed E-state index contributed by atoms with van der Waals surface area (Å²) in [5, 5.41) is 14.5. The Kier molecular flexibility index (Phi) is 5.06. The number of nitrogens with zero attached hydrogens (tertiary/aromatic N) is 2. The topological polar surface area (TPSA) is 94.4 Å². The fraction of sp³-hybridized carbons (Fsp3) is 0.176. The van der Waals surface area contributed by atoms with E-state index >= 15 is 0 Å². The fourth-order valence-electron chi connectivity index (χ4n) is 2.28. The van der Waals surface area contributed by atoms with E-state index in [2.05, 4.69) is 10.3 Å². The zero-order valence-corrected chi connectivity index (χ0v) is 15.4. The number of rotatable bonds is 5. The minimum absolute atomic E-state index is 0.0195. The van der Waals surface area contributed by atoms with Crippen LogP contribution in [0, 0.1) is 17.0 Å². The van der Waals surface area contributed by atoms with Crippen LogP contribution in [0.1, 0.15) is 12.5 Å². The molecule has 0 aliphatic rings. The first-order chi connectivity index (χ1) is 12.3. The summed E-state index contributed by atoms with van der Waals surface area (Å²) in [5.41, 5.74) is 1.39. The number of amides is 1. The largest absolute Gasteiger partial charge is 0.481 e. The summed E-state index contributed by atoms with van der Waals surface area (Å²) < 4.78 is 6.30. The quantitative estimate of drug-likeness (QED) is 0.507. The van der Waals surface area contributed by atoms with E-state index in [0.717, 1.165) is 5.56 Å². The first-order valence-electron chi connectivity index (χ1n) is 7.62. The van der Waals surface area contributed by atoms with E-state index in [1.807, 2.05) is 6.92 Å². The van der Waals surface area contributed by atoms with Gasteiger partial charge in [0.2, 0.25) is 0 Å². The molecule has 134 valence electrons. The van der Waals surface area contributed by atoms with Crippen LogP contribution in [0.25, 0.3) is 10.2 Å². The highest BCUT2D eigenvalue weighted by Crippen LogP contribution is 2.29. The van der Waals surface area contributed by atoms with Gasteiger partial charge >= 0.3 is 0 Å². The summed E-state index contributed by atoms with van der Waals surface area (Å²) in [6.07, 6.45) is -0.753. The molecule has 3 rings (SSSR count). The summed E-state index contributed by atoms with van der Waals surface area (Å²) in [6, 6.07) is 9.51. The number of hydrogen-bond acceptors (Lipinski definition) is 6. The number of fused-ring (bicyclic) bond motifs is 1. The monoisotopic (exact) mass is 391 g/mol. The number of aryl methyl sites for hydroxylation is 1. The normalized spacial score (nSPS) is 12.0. The molecular weight excluding hydrogens is 378 g/mol. The van der Waals surface area contributed by atoms with Gasteiger partial charge in [-0.2, -0.15) is 0 Å². The van der Waals surface area contributed by atoms with Crippen molar-refractivity contribution in [3.8, 4) is 5.75 Å². The van der Waals surface area contributed by atoms with Gasteiger partial charge in [0, 0.05) is 17.2 Å². The molecule has 2 aromatic carbocycles. The number of carbonyl (C=O) groups excluding carboxylic acids is 1. The van der Waals surface area contributed by atoms with Crippen LogP contribution in [0.15, 0.2) is 36.4 Å². The minimum atomic E-state index is -0.753. The number of anilines is 1. The van der Waals surface area contributed by atoms with Gasteiger partial charge in [0.15, 0.2) is 11.2 Å².